The van der Waals surface area contributed by atoms with Crippen LogP contribution in [0.5, 0.6) is 0 Å². The molecule has 17 nitrogen and oxygen atoms in total. The third kappa shape index (κ3) is 8.85. The number of carbonyl (C=O) groups is 2. The molecule has 1 unspecified atom stereocenters. The highest BCUT2D eigenvalue weighted by atomic mass is 35.5. The van der Waals surface area contributed by atoms with Crippen molar-refractivity contribution in [2.45, 2.75) is 54.0 Å². The lowest BCUT2D eigenvalue weighted by molar-refractivity contribution is -0.125. The number of hydrogen-bond acceptors (Lipinski definition) is 12. The highest BCUT2D eigenvalue weighted by Gasteiger charge is 2.44. The number of sulfonamides is 1. The van der Waals surface area contributed by atoms with Crippen molar-refractivity contribution in [3.63, 3.8) is 0 Å². The molecule has 5 aromatic rings. The lowest BCUT2D eigenvalue weighted by Gasteiger charge is -2.22. The molecule has 296 valence electrons. The van der Waals surface area contributed by atoms with Crippen LogP contribution in [-0.4, -0.2) is 106 Å². The Bertz CT molecular complexity index is 2210. The summed E-state index contributed by atoms with van der Waals surface area (Å²) < 4.78 is 24.9. The molecule has 0 spiro atoms. The second-order valence-corrected chi connectivity index (χ2v) is 15.2. The molecule has 1 aliphatic carbocycles. The summed E-state index contributed by atoms with van der Waals surface area (Å²) in [5, 5.41) is 48.1. The number of imidazole rings is 1. The van der Waals surface area contributed by atoms with Gasteiger partial charge in [-0.25, -0.2) is 23.3 Å². The number of nitrogens with two attached hydrogens (primary N) is 1. The minimum atomic E-state index is -3.87. The van der Waals surface area contributed by atoms with Crippen LogP contribution in [0.1, 0.15) is 35.9 Å². The van der Waals surface area contributed by atoms with Crippen molar-refractivity contribution in [3.8, 4) is 0 Å². The molecule has 2 aromatic heterocycles. The van der Waals surface area contributed by atoms with Crippen LogP contribution >= 0.6 is 12.4 Å². The summed E-state index contributed by atoms with van der Waals surface area (Å²) >= 11 is 0. The van der Waals surface area contributed by atoms with Crippen molar-refractivity contribution in [3.05, 3.63) is 102 Å². The number of urea groups is 1. The minimum absolute atomic E-state index is 0. The van der Waals surface area contributed by atoms with Crippen LogP contribution in [0.4, 0.5) is 22.2 Å². The van der Waals surface area contributed by atoms with Gasteiger partial charge in [0.1, 0.15) is 18.8 Å². The van der Waals surface area contributed by atoms with Gasteiger partial charge in [0.25, 0.3) is 0 Å². The number of halogens is 1. The maximum atomic E-state index is 12.9. The van der Waals surface area contributed by atoms with Crippen molar-refractivity contribution in [1.29, 1.82) is 0 Å². The van der Waals surface area contributed by atoms with Gasteiger partial charge < -0.3 is 46.1 Å². The molecule has 9 N–H and O–H groups in total. The molecule has 2 aliphatic rings. The lowest BCUT2D eigenvalue weighted by Crippen LogP contribution is -2.44. The molecule has 1 aliphatic heterocycles. The van der Waals surface area contributed by atoms with E-state index in [-0.39, 0.29) is 35.7 Å². The molecular weight excluding hydrogens is 764 g/mol. The summed E-state index contributed by atoms with van der Waals surface area (Å²) in [6, 6.07) is 23.4. The second-order valence-electron chi connectivity index (χ2n) is 13.7. The summed E-state index contributed by atoms with van der Waals surface area (Å²) in [6.45, 7) is 0.574. The van der Waals surface area contributed by atoms with E-state index in [1.54, 1.807) is 4.57 Å². The Morgan fingerprint density at radius 1 is 0.911 bits per heavy atom. The molecule has 0 bridgehead atoms. The monoisotopic (exact) mass is 806 g/mol. The standard InChI is InChI=1S/C37H42N10O7S.ClH/c38-55(53,54)26-13-11-24(12-14-26)41-37(52)42-25-15-16-46(19-25)36-44-34(39-18-27(22-7-3-1-4-8-22)23-9-5-2-6-10-23)31-35(45-36)47(21-40-31)29-17-28(32(50)33(29)51)43-30(49)20-48;/h1-14,21,25,27-29,32-33,48,50-51H,15-20H2,(H,43,49)(H2,38,53,54)(H,39,44,45)(H2,41,42,52);1H/t25?,28-,29+,32+,33-;/m0./s1. The number of benzene rings is 3. The number of aromatic nitrogens is 4. The van der Waals surface area contributed by atoms with Gasteiger partial charge in [-0.05, 0) is 48.2 Å². The zero-order chi connectivity index (χ0) is 38.7. The number of primary sulfonamides is 1. The van der Waals surface area contributed by atoms with E-state index in [4.69, 9.17) is 15.1 Å². The average Bonchev–Trinajstić information content (AvgIpc) is 3.90. The number of fused-ring (bicyclic) bond motifs is 1. The van der Waals surface area contributed by atoms with Gasteiger partial charge >= 0.3 is 6.03 Å². The molecule has 1 saturated carbocycles. The van der Waals surface area contributed by atoms with E-state index in [2.05, 4.69) is 50.5 Å². The summed E-state index contributed by atoms with van der Waals surface area (Å²) in [6.07, 6.45) is -0.304. The van der Waals surface area contributed by atoms with Gasteiger partial charge in [0.2, 0.25) is 21.9 Å². The predicted molar refractivity (Wildman–Crippen MR) is 211 cm³/mol. The van der Waals surface area contributed by atoms with Crippen molar-refractivity contribution < 1.29 is 33.3 Å². The fraction of sp³-hybridized carbons (Fsp3) is 0.324. The number of hydrogen-bond donors (Lipinski definition) is 8. The zero-order valence-electron chi connectivity index (χ0n) is 30.0. The number of carbonyl (C=O) groups excluding carboxylic acids is 2. The van der Waals surface area contributed by atoms with Crippen molar-refractivity contribution in [1.82, 2.24) is 30.2 Å². The molecule has 7 rings (SSSR count). The predicted octanol–water partition coefficient (Wildman–Crippen LogP) is 1.68. The molecule has 3 aromatic carbocycles. The first-order valence-electron chi connectivity index (χ1n) is 17.8. The Morgan fingerprint density at radius 3 is 2.20 bits per heavy atom. The SMILES string of the molecule is Cl.NS(=O)(=O)c1ccc(NC(=O)NC2CCN(c3nc(NCC(c4ccccc4)c4ccccc4)c4ncn([C@@H]5C[C@H](NC(=O)CO)[C@@H](O)[C@H]5O)c4n3)C2)cc1. The number of nitrogens with one attached hydrogen (secondary N) is 4. The highest BCUT2D eigenvalue weighted by molar-refractivity contribution is 7.89. The molecule has 3 heterocycles. The molecule has 3 amide bonds. The first kappa shape index (κ1) is 40.3. The van der Waals surface area contributed by atoms with Crippen molar-refractivity contribution in [2.24, 2.45) is 5.14 Å². The van der Waals surface area contributed by atoms with Gasteiger partial charge in [-0.2, -0.15) is 9.97 Å². The van der Waals surface area contributed by atoms with Crippen molar-refractivity contribution in [2.75, 3.05) is 41.8 Å². The summed E-state index contributed by atoms with van der Waals surface area (Å²) in [4.78, 5) is 41.2. The Kier molecular flexibility index (Phi) is 12.4. The Hall–Kier alpha value is -5.37. The fourth-order valence-electron chi connectivity index (χ4n) is 7.23. The maximum Gasteiger partial charge on any atom is 0.319 e. The largest absolute Gasteiger partial charge is 0.388 e. The van der Waals surface area contributed by atoms with E-state index in [0.29, 0.717) is 54.7 Å². The van der Waals surface area contributed by atoms with Crippen LogP contribution in [-0.2, 0) is 14.8 Å². The van der Waals surface area contributed by atoms with E-state index in [1.807, 2.05) is 41.3 Å². The average molecular weight is 807 g/mol. The quantitative estimate of drug-likeness (QED) is 0.0898. The maximum absolute atomic E-state index is 12.9. The second kappa shape index (κ2) is 17.2. The Balaban J connectivity index is 0.00000532. The van der Waals surface area contributed by atoms with E-state index >= 15 is 0 Å². The third-order valence-electron chi connectivity index (χ3n) is 10.0. The van der Waals surface area contributed by atoms with Gasteiger partial charge in [0.15, 0.2) is 17.0 Å². The molecule has 19 heteroatoms. The van der Waals surface area contributed by atoms with Crippen LogP contribution in [0.25, 0.3) is 11.2 Å². The van der Waals surface area contributed by atoms with Crippen LogP contribution in [0.2, 0.25) is 0 Å². The minimum Gasteiger partial charge on any atom is -0.388 e. The molecule has 5 atom stereocenters. The smallest absolute Gasteiger partial charge is 0.319 e. The molecule has 0 radical (unpaired) electrons. The first-order valence-corrected chi connectivity index (χ1v) is 19.3. The van der Waals surface area contributed by atoms with E-state index in [1.165, 1.54) is 30.6 Å². The molecule has 1 saturated heterocycles. The van der Waals surface area contributed by atoms with E-state index in [0.717, 1.165) is 11.1 Å². The van der Waals surface area contributed by atoms with E-state index < -0.39 is 52.9 Å². The molecule has 56 heavy (non-hydrogen) atoms. The highest BCUT2D eigenvalue weighted by Crippen LogP contribution is 2.35. The van der Waals surface area contributed by atoms with Crippen molar-refractivity contribution >= 4 is 63.0 Å². The topological polar surface area (TPSA) is 250 Å². The van der Waals surface area contributed by atoms with Gasteiger partial charge in [-0.1, -0.05) is 60.7 Å². The lowest BCUT2D eigenvalue weighted by atomic mass is 9.91. The van der Waals surface area contributed by atoms with Crippen LogP contribution < -0.4 is 31.3 Å². The number of aliphatic hydroxyl groups is 3. The summed E-state index contributed by atoms with van der Waals surface area (Å²) in [7, 11) is -3.87. The molecular formula is C37H43ClN10O7S. The number of nitrogens with zero attached hydrogens (tertiary/aromatic N) is 5. The summed E-state index contributed by atoms with van der Waals surface area (Å²) in [5.74, 6) is 0.0937. The number of rotatable bonds is 12. The van der Waals surface area contributed by atoms with Gasteiger partial charge in [-0.15, -0.1) is 12.4 Å². The van der Waals surface area contributed by atoms with Gasteiger partial charge in [0, 0.05) is 37.3 Å². The molecule has 2 fully saturated rings. The van der Waals surface area contributed by atoms with Crippen LogP contribution in [0.3, 0.4) is 0 Å². The summed E-state index contributed by atoms with van der Waals surface area (Å²) in [5.41, 5.74) is 3.42. The van der Waals surface area contributed by atoms with E-state index in [9.17, 15) is 33.3 Å². The van der Waals surface area contributed by atoms with Gasteiger partial charge in [0.05, 0.1) is 23.3 Å². The first-order chi connectivity index (χ1) is 26.5. The number of amides is 3. The Labute approximate surface area is 328 Å². The fourth-order valence-corrected chi connectivity index (χ4v) is 7.75. The zero-order valence-corrected chi connectivity index (χ0v) is 31.6. The third-order valence-corrected chi connectivity index (χ3v) is 11.0. The van der Waals surface area contributed by atoms with Crippen LogP contribution in [0.15, 0.2) is 96.2 Å². The number of anilines is 3. The van der Waals surface area contributed by atoms with Gasteiger partial charge in [-0.3, -0.25) is 4.79 Å². The normalized spacial score (nSPS) is 20.8. The van der Waals surface area contributed by atoms with Crippen LogP contribution in [0, 0.1) is 0 Å². The Morgan fingerprint density at radius 2 is 1.57 bits per heavy atom. The number of aliphatic hydroxyl groups excluding tert-OH is 3.